The van der Waals surface area contributed by atoms with Crippen LogP contribution >= 0.6 is 22.9 Å². The smallest absolute Gasteiger partial charge is 0.273 e. The van der Waals surface area contributed by atoms with Crippen molar-refractivity contribution >= 4 is 40.3 Å². The van der Waals surface area contributed by atoms with E-state index >= 15 is 0 Å². The van der Waals surface area contributed by atoms with Gasteiger partial charge in [0.1, 0.15) is 5.03 Å². The van der Waals surface area contributed by atoms with Crippen molar-refractivity contribution < 1.29 is 14.3 Å². The average Bonchev–Trinajstić information content (AvgIpc) is 2.97. The first-order valence-corrected chi connectivity index (χ1v) is 7.30. The first kappa shape index (κ1) is 14.2. The number of halogens is 1. The summed E-state index contributed by atoms with van der Waals surface area (Å²) in [5, 5.41) is 1.87. The SMILES string of the molecule is CCOCCCN1C(=O)C(Cl)=C(c2cccs2)C1=O. The Hall–Kier alpha value is -1.17. The third kappa shape index (κ3) is 2.88. The Balaban J connectivity index is 2.08. The van der Waals surface area contributed by atoms with Crippen LogP contribution in [-0.2, 0) is 14.3 Å². The summed E-state index contributed by atoms with van der Waals surface area (Å²) >= 11 is 7.39. The van der Waals surface area contributed by atoms with Gasteiger partial charge in [0.05, 0.1) is 5.57 Å². The number of hydrogen-bond donors (Lipinski definition) is 0. The molecule has 0 radical (unpaired) electrons. The van der Waals surface area contributed by atoms with E-state index in [0.29, 0.717) is 31.8 Å². The van der Waals surface area contributed by atoms with Crippen LogP contribution in [0.1, 0.15) is 18.2 Å². The molecule has 2 heterocycles. The molecular formula is C13H14ClNO3S. The van der Waals surface area contributed by atoms with Gasteiger partial charge >= 0.3 is 0 Å². The molecule has 2 amide bonds. The summed E-state index contributed by atoms with van der Waals surface area (Å²) in [6.45, 7) is 3.39. The molecule has 0 unspecified atom stereocenters. The molecule has 0 bridgehead atoms. The quantitative estimate of drug-likeness (QED) is 0.599. The van der Waals surface area contributed by atoms with Crippen molar-refractivity contribution in [3.05, 3.63) is 27.4 Å². The Morgan fingerprint density at radius 2 is 2.16 bits per heavy atom. The maximum absolute atomic E-state index is 12.2. The number of rotatable bonds is 6. The summed E-state index contributed by atoms with van der Waals surface area (Å²) < 4.78 is 5.20. The molecule has 0 saturated carbocycles. The number of hydrogen-bond acceptors (Lipinski definition) is 4. The maximum atomic E-state index is 12.2. The fraction of sp³-hybridized carbons (Fsp3) is 0.385. The lowest BCUT2D eigenvalue weighted by Gasteiger charge is -2.14. The van der Waals surface area contributed by atoms with Gasteiger partial charge < -0.3 is 4.74 Å². The topological polar surface area (TPSA) is 46.6 Å². The molecule has 1 aliphatic rings. The predicted octanol–water partition coefficient (Wildman–Crippen LogP) is 2.49. The number of nitrogens with zero attached hydrogens (tertiary/aromatic N) is 1. The second-order valence-corrected chi connectivity index (χ2v) is 5.30. The van der Waals surface area contributed by atoms with Crippen LogP contribution in [0.4, 0.5) is 0 Å². The first-order valence-electron chi connectivity index (χ1n) is 6.04. The van der Waals surface area contributed by atoms with Gasteiger partial charge in [0.2, 0.25) is 0 Å². The zero-order chi connectivity index (χ0) is 13.8. The van der Waals surface area contributed by atoms with Gasteiger partial charge in [-0.3, -0.25) is 14.5 Å². The van der Waals surface area contributed by atoms with Gasteiger partial charge in [0, 0.05) is 24.6 Å². The molecule has 0 N–H and O–H groups in total. The molecule has 0 aliphatic carbocycles. The highest BCUT2D eigenvalue weighted by Crippen LogP contribution is 2.33. The molecule has 1 aromatic heterocycles. The molecule has 0 saturated heterocycles. The lowest BCUT2D eigenvalue weighted by Crippen LogP contribution is -2.32. The number of amides is 2. The maximum Gasteiger partial charge on any atom is 0.273 e. The van der Waals surface area contributed by atoms with Crippen LogP contribution in [0, 0.1) is 0 Å². The molecule has 0 atom stereocenters. The van der Waals surface area contributed by atoms with E-state index in [1.54, 1.807) is 6.07 Å². The number of thiophene rings is 1. The van der Waals surface area contributed by atoms with Crippen LogP contribution < -0.4 is 0 Å². The molecule has 2 rings (SSSR count). The molecule has 19 heavy (non-hydrogen) atoms. The van der Waals surface area contributed by atoms with Gasteiger partial charge in [0.25, 0.3) is 11.8 Å². The van der Waals surface area contributed by atoms with Crippen molar-refractivity contribution in [1.29, 1.82) is 0 Å². The Morgan fingerprint density at radius 1 is 1.37 bits per heavy atom. The van der Waals surface area contributed by atoms with E-state index in [0.717, 1.165) is 4.88 Å². The van der Waals surface area contributed by atoms with Crippen LogP contribution in [0.3, 0.4) is 0 Å². The van der Waals surface area contributed by atoms with E-state index in [2.05, 4.69) is 0 Å². The van der Waals surface area contributed by atoms with E-state index in [1.807, 2.05) is 18.4 Å². The minimum absolute atomic E-state index is 0.0175. The molecule has 0 aromatic carbocycles. The number of carbonyl (C=O) groups is 2. The third-order valence-corrected chi connectivity index (χ3v) is 3.99. The molecule has 0 spiro atoms. The first-order chi connectivity index (χ1) is 9.16. The van der Waals surface area contributed by atoms with E-state index in [1.165, 1.54) is 16.2 Å². The fourth-order valence-electron chi connectivity index (χ4n) is 1.85. The lowest BCUT2D eigenvalue weighted by molar-refractivity contribution is -0.136. The lowest BCUT2D eigenvalue weighted by atomic mass is 10.2. The van der Waals surface area contributed by atoms with Crippen molar-refractivity contribution in [3.8, 4) is 0 Å². The van der Waals surface area contributed by atoms with Crippen LogP contribution in [-0.4, -0.2) is 36.5 Å². The molecule has 102 valence electrons. The van der Waals surface area contributed by atoms with Gasteiger partial charge in [-0.2, -0.15) is 0 Å². The van der Waals surface area contributed by atoms with Gasteiger partial charge in [-0.05, 0) is 24.8 Å². The van der Waals surface area contributed by atoms with Crippen LogP contribution in [0.25, 0.3) is 5.57 Å². The molecule has 4 nitrogen and oxygen atoms in total. The van der Waals surface area contributed by atoms with Crippen molar-refractivity contribution in [2.24, 2.45) is 0 Å². The Kier molecular flexibility index (Phi) is 4.74. The van der Waals surface area contributed by atoms with Crippen LogP contribution in [0.2, 0.25) is 0 Å². The third-order valence-electron chi connectivity index (χ3n) is 2.75. The van der Waals surface area contributed by atoms with E-state index in [-0.39, 0.29) is 10.9 Å². The second kappa shape index (κ2) is 6.32. The van der Waals surface area contributed by atoms with Crippen molar-refractivity contribution in [1.82, 2.24) is 4.90 Å². The normalized spacial score (nSPS) is 15.8. The minimum atomic E-state index is -0.411. The average molecular weight is 300 g/mol. The van der Waals surface area contributed by atoms with E-state index in [4.69, 9.17) is 16.3 Å². The molecule has 6 heteroatoms. The minimum Gasteiger partial charge on any atom is -0.382 e. The summed E-state index contributed by atoms with van der Waals surface area (Å²) in [6.07, 6.45) is 0.618. The van der Waals surface area contributed by atoms with Crippen LogP contribution in [0.15, 0.2) is 22.5 Å². The number of ether oxygens (including phenoxy) is 1. The molecule has 1 aliphatic heterocycles. The summed E-state index contributed by atoms with van der Waals surface area (Å²) in [6, 6.07) is 3.62. The second-order valence-electron chi connectivity index (χ2n) is 3.98. The standard InChI is InChI=1S/C13H14ClNO3S/c1-2-18-7-4-6-15-12(16)10(11(14)13(15)17)9-5-3-8-19-9/h3,5,8H,2,4,6-7H2,1H3. The van der Waals surface area contributed by atoms with Crippen molar-refractivity contribution in [3.63, 3.8) is 0 Å². The van der Waals surface area contributed by atoms with Crippen LogP contribution in [0.5, 0.6) is 0 Å². The molecular weight excluding hydrogens is 286 g/mol. The summed E-state index contributed by atoms with van der Waals surface area (Å²) in [5.74, 6) is -0.722. The highest BCUT2D eigenvalue weighted by atomic mass is 35.5. The molecule has 1 aromatic rings. The highest BCUT2D eigenvalue weighted by molar-refractivity contribution is 7.11. The Labute approximate surface area is 120 Å². The summed E-state index contributed by atoms with van der Waals surface area (Å²) in [4.78, 5) is 26.1. The van der Waals surface area contributed by atoms with E-state index < -0.39 is 5.91 Å². The van der Waals surface area contributed by atoms with E-state index in [9.17, 15) is 9.59 Å². The van der Waals surface area contributed by atoms with Gasteiger partial charge in [-0.25, -0.2) is 0 Å². The number of carbonyl (C=O) groups excluding carboxylic acids is 2. The predicted molar refractivity (Wildman–Crippen MR) is 74.9 cm³/mol. The summed E-state index contributed by atoms with van der Waals surface area (Å²) in [7, 11) is 0. The zero-order valence-electron chi connectivity index (χ0n) is 10.5. The summed E-state index contributed by atoms with van der Waals surface area (Å²) in [5.41, 5.74) is 0.318. The van der Waals surface area contributed by atoms with Gasteiger partial charge in [0.15, 0.2) is 0 Å². The fourth-order valence-corrected chi connectivity index (χ4v) is 2.96. The Morgan fingerprint density at radius 3 is 2.79 bits per heavy atom. The molecule has 0 fully saturated rings. The monoisotopic (exact) mass is 299 g/mol. The van der Waals surface area contributed by atoms with Gasteiger partial charge in [-0.15, -0.1) is 11.3 Å². The van der Waals surface area contributed by atoms with Crippen molar-refractivity contribution in [2.45, 2.75) is 13.3 Å². The number of imide groups is 1. The van der Waals surface area contributed by atoms with Crippen molar-refractivity contribution in [2.75, 3.05) is 19.8 Å². The zero-order valence-corrected chi connectivity index (χ0v) is 12.1. The highest BCUT2D eigenvalue weighted by Gasteiger charge is 2.38. The van der Waals surface area contributed by atoms with Gasteiger partial charge in [-0.1, -0.05) is 17.7 Å². The Bertz CT molecular complexity index is 510. The largest absolute Gasteiger partial charge is 0.382 e.